The van der Waals surface area contributed by atoms with Gasteiger partial charge in [-0.05, 0) is 0 Å². The molecule has 2 unspecified atom stereocenters. The van der Waals surface area contributed by atoms with Crippen molar-refractivity contribution in [2.24, 2.45) is 0 Å². The smallest absolute Gasteiger partial charge is 0.167 e. The van der Waals surface area contributed by atoms with E-state index in [1.165, 1.54) is 13.4 Å². The van der Waals surface area contributed by atoms with Crippen molar-refractivity contribution in [2.45, 2.75) is 24.5 Å². The van der Waals surface area contributed by atoms with Crippen molar-refractivity contribution in [1.29, 1.82) is 0 Å². The Bertz CT molecular complexity index is 661. The zero-order valence-electron chi connectivity index (χ0n) is 12.6. The van der Waals surface area contributed by atoms with E-state index in [0.29, 0.717) is 17.0 Å². The van der Waals surface area contributed by atoms with Crippen LogP contribution in [0, 0.1) is 0 Å². The summed E-state index contributed by atoms with van der Waals surface area (Å²) in [5.41, 5.74) is 1.21. The van der Waals surface area contributed by atoms with Crippen molar-refractivity contribution in [3.63, 3.8) is 0 Å². The molecule has 9 heteroatoms. The topological polar surface area (TPSA) is 106 Å². The molecule has 120 valence electrons. The van der Waals surface area contributed by atoms with Crippen molar-refractivity contribution >= 4 is 17.0 Å². The number of anilines is 1. The van der Waals surface area contributed by atoms with Gasteiger partial charge in [0, 0.05) is 21.2 Å². The Hall–Kier alpha value is -1.81. The van der Waals surface area contributed by atoms with Crippen LogP contribution in [-0.4, -0.2) is 75.9 Å². The van der Waals surface area contributed by atoms with Crippen molar-refractivity contribution in [1.82, 2.24) is 19.5 Å². The third-order valence-electron chi connectivity index (χ3n) is 3.80. The first-order valence-electron chi connectivity index (χ1n) is 6.90. The lowest BCUT2D eigenvalue weighted by molar-refractivity contribution is -0.0583. The van der Waals surface area contributed by atoms with Crippen LogP contribution in [0.2, 0.25) is 0 Å². The normalized spacial score (nSPS) is 28.4. The molecule has 0 aromatic carbocycles. The summed E-state index contributed by atoms with van der Waals surface area (Å²) in [6.07, 6.45) is 0.164. The summed E-state index contributed by atoms with van der Waals surface area (Å²) in [7, 11) is 5.23. The Labute approximate surface area is 127 Å². The molecule has 22 heavy (non-hydrogen) atoms. The van der Waals surface area contributed by atoms with Gasteiger partial charge < -0.3 is 24.6 Å². The Kier molecular flexibility index (Phi) is 3.96. The highest BCUT2D eigenvalue weighted by Crippen LogP contribution is 2.33. The number of imidazole rings is 1. The fourth-order valence-electron chi connectivity index (χ4n) is 2.70. The van der Waals surface area contributed by atoms with Gasteiger partial charge in [-0.3, -0.25) is 4.57 Å². The molecule has 2 aromatic rings. The maximum atomic E-state index is 10.1. The van der Waals surface area contributed by atoms with E-state index in [9.17, 15) is 10.2 Å². The standard InChI is InChI=1S/C13H19N5O4/c1-17(2)11-8-12(15-5-14-11)18(6-16-8)13-10(21-3)9(20)7(4-19)22-13/h5-7,9-10,13,19-20H,4H2,1-3H3/t7-,9?,10?,13-/m1/s1. The lowest BCUT2D eigenvalue weighted by atomic mass is 10.1. The molecular weight excluding hydrogens is 290 g/mol. The summed E-state index contributed by atoms with van der Waals surface area (Å²) in [6.45, 7) is -0.290. The van der Waals surface area contributed by atoms with Gasteiger partial charge in [0.25, 0.3) is 0 Å². The molecule has 1 fully saturated rings. The SMILES string of the molecule is COC1C(O)[C@@H](CO)O[C@H]1n1cnc2c(N(C)C)ncnc21. The molecule has 9 nitrogen and oxygen atoms in total. The second kappa shape index (κ2) is 5.76. The number of fused-ring (bicyclic) bond motifs is 1. The van der Waals surface area contributed by atoms with Crippen LogP contribution in [0.15, 0.2) is 12.7 Å². The molecule has 1 aliphatic heterocycles. The molecule has 0 aliphatic carbocycles. The number of hydrogen-bond acceptors (Lipinski definition) is 8. The second-order valence-corrected chi connectivity index (χ2v) is 5.35. The van der Waals surface area contributed by atoms with Crippen molar-refractivity contribution < 1.29 is 19.7 Å². The van der Waals surface area contributed by atoms with Crippen LogP contribution in [-0.2, 0) is 9.47 Å². The maximum absolute atomic E-state index is 10.1. The van der Waals surface area contributed by atoms with Gasteiger partial charge in [-0.1, -0.05) is 0 Å². The molecule has 0 saturated carbocycles. The molecular formula is C13H19N5O4. The van der Waals surface area contributed by atoms with Crippen LogP contribution in [0.5, 0.6) is 0 Å². The number of methoxy groups -OCH3 is 1. The van der Waals surface area contributed by atoms with Gasteiger partial charge in [-0.25, -0.2) is 15.0 Å². The average Bonchev–Trinajstić information content (AvgIpc) is 3.07. The number of aromatic nitrogens is 4. The first-order chi connectivity index (χ1) is 10.6. The summed E-state index contributed by atoms with van der Waals surface area (Å²) in [6, 6.07) is 0. The van der Waals surface area contributed by atoms with Gasteiger partial charge in [-0.15, -0.1) is 0 Å². The van der Waals surface area contributed by atoms with Crippen LogP contribution >= 0.6 is 0 Å². The highest BCUT2D eigenvalue weighted by Gasteiger charge is 2.45. The maximum Gasteiger partial charge on any atom is 0.167 e. The zero-order valence-corrected chi connectivity index (χ0v) is 12.6. The lowest BCUT2D eigenvalue weighted by Crippen LogP contribution is -2.34. The van der Waals surface area contributed by atoms with Crippen LogP contribution in [0.25, 0.3) is 11.2 Å². The number of ether oxygens (including phenoxy) is 2. The number of nitrogens with zero attached hydrogens (tertiary/aromatic N) is 5. The van der Waals surface area contributed by atoms with Crippen LogP contribution in [0.1, 0.15) is 6.23 Å². The predicted octanol–water partition coefficient (Wildman–Crippen LogP) is -0.842. The summed E-state index contributed by atoms with van der Waals surface area (Å²) >= 11 is 0. The quantitative estimate of drug-likeness (QED) is 0.753. The van der Waals surface area contributed by atoms with E-state index in [1.807, 2.05) is 19.0 Å². The largest absolute Gasteiger partial charge is 0.394 e. The molecule has 0 radical (unpaired) electrons. The molecule has 4 atom stereocenters. The minimum atomic E-state index is -0.924. The van der Waals surface area contributed by atoms with Crippen molar-refractivity contribution in [3.8, 4) is 0 Å². The third kappa shape index (κ3) is 2.22. The van der Waals surface area contributed by atoms with E-state index in [-0.39, 0.29) is 6.61 Å². The van der Waals surface area contributed by atoms with Gasteiger partial charge >= 0.3 is 0 Å². The second-order valence-electron chi connectivity index (χ2n) is 5.35. The number of hydrogen-bond donors (Lipinski definition) is 2. The van der Waals surface area contributed by atoms with Gasteiger partial charge in [0.1, 0.15) is 24.6 Å². The molecule has 2 N–H and O–H groups in total. The molecule has 1 aliphatic rings. The van der Waals surface area contributed by atoms with Crippen molar-refractivity contribution in [2.75, 3.05) is 32.7 Å². The van der Waals surface area contributed by atoms with E-state index < -0.39 is 24.5 Å². The van der Waals surface area contributed by atoms with Crippen LogP contribution in [0.4, 0.5) is 5.82 Å². The average molecular weight is 309 g/mol. The molecule has 3 heterocycles. The molecule has 0 amide bonds. The first kappa shape index (κ1) is 15.1. The van der Waals surface area contributed by atoms with E-state index >= 15 is 0 Å². The van der Waals surface area contributed by atoms with E-state index in [1.54, 1.807) is 10.9 Å². The molecule has 1 saturated heterocycles. The zero-order chi connectivity index (χ0) is 15.9. The van der Waals surface area contributed by atoms with E-state index in [2.05, 4.69) is 15.0 Å². The summed E-state index contributed by atoms with van der Waals surface area (Å²) in [5.74, 6) is 0.690. The van der Waals surface area contributed by atoms with Gasteiger partial charge in [0.2, 0.25) is 0 Å². The van der Waals surface area contributed by atoms with Crippen molar-refractivity contribution in [3.05, 3.63) is 12.7 Å². The van der Waals surface area contributed by atoms with Gasteiger partial charge in [-0.2, -0.15) is 0 Å². The van der Waals surface area contributed by atoms with Gasteiger partial charge in [0.15, 0.2) is 23.2 Å². The fraction of sp³-hybridized carbons (Fsp3) is 0.615. The number of rotatable bonds is 4. The Balaban J connectivity index is 2.05. The van der Waals surface area contributed by atoms with E-state index in [4.69, 9.17) is 9.47 Å². The fourth-order valence-corrected chi connectivity index (χ4v) is 2.70. The minimum Gasteiger partial charge on any atom is -0.394 e. The lowest BCUT2D eigenvalue weighted by Gasteiger charge is -2.20. The first-order valence-corrected chi connectivity index (χ1v) is 6.90. The monoisotopic (exact) mass is 309 g/mol. The van der Waals surface area contributed by atoms with Crippen LogP contribution in [0.3, 0.4) is 0 Å². The minimum absolute atomic E-state index is 0.290. The van der Waals surface area contributed by atoms with Crippen LogP contribution < -0.4 is 4.90 Å². The summed E-state index contributed by atoms with van der Waals surface area (Å²) in [5, 5.41) is 19.4. The summed E-state index contributed by atoms with van der Waals surface area (Å²) in [4.78, 5) is 14.7. The Morgan fingerprint density at radius 1 is 1.36 bits per heavy atom. The van der Waals surface area contributed by atoms with E-state index in [0.717, 1.165) is 0 Å². The third-order valence-corrected chi connectivity index (χ3v) is 3.80. The molecule has 3 rings (SSSR count). The molecule has 2 aromatic heterocycles. The molecule has 0 bridgehead atoms. The van der Waals surface area contributed by atoms with Gasteiger partial charge in [0.05, 0.1) is 12.9 Å². The molecule has 0 spiro atoms. The highest BCUT2D eigenvalue weighted by molar-refractivity contribution is 5.83. The Morgan fingerprint density at radius 3 is 2.77 bits per heavy atom. The highest BCUT2D eigenvalue weighted by atomic mass is 16.6. The summed E-state index contributed by atoms with van der Waals surface area (Å²) < 4.78 is 12.7. The number of aliphatic hydroxyl groups is 2. The predicted molar refractivity (Wildman–Crippen MR) is 77.4 cm³/mol. The Morgan fingerprint density at radius 2 is 2.14 bits per heavy atom. The number of aliphatic hydroxyl groups excluding tert-OH is 2.